The Morgan fingerprint density at radius 3 is 2.86 bits per heavy atom. The first kappa shape index (κ1) is 14.9. The van der Waals surface area contributed by atoms with Crippen LogP contribution in [0.15, 0.2) is 23.1 Å². The van der Waals surface area contributed by atoms with Crippen LogP contribution in [0.3, 0.4) is 0 Å². The van der Waals surface area contributed by atoms with Crippen molar-refractivity contribution in [2.45, 2.75) is 30.4 Å². The van der Waals surface area contributed by atoms with Crippen molar-refractivity contribution >= 4 is 10.0 Å². The molecule has 1 aromatic carbocycles. The molecule has 116 valence electrons. The number of rotatable bonds is 3. The fraction of sp³-hybridized carbons (Fsp3) is 0.571. The first-order valence-corrected chi connectivity index (χ1v) is 8.60. The van der Waals surface area contributed by atoms with Crippen LogP contribution in [0.5, 0.6) is 0 Å². The Balaban J connectivity index is 1.86. The minimum absolute atomic E-state index is 0.00979. The summed E-state index contributed by atoms with van der Waals surface area (Å²) in [5, 5.41) is 9.09. The summed E-state index contributed by atoms with van der Waals surface area (Å²) in [5.74, 6) is -0.586. The molecule has 0 spiro atoms. The summed E-state index contributed by atoms with van der Waals surface area (Å²) in [6.45, 7) is 2.24. The number of halogens is 1. The average molecular weight is 314 g/mol. The number of hydrogen-bond donors (Lipinski definition) is 1. The minimum atomic E-state index is -3.62. The SMILES string of the molecule is O=S(=O)(c1ccc(F)c(CO)c1)N1CCN2CCCC2C1. The van der Waals surface area contributed by atoms with Crippen LogP contribution in [0, 0.1) is 5.82 Å². The Labute approximate surface area is 124 Å². The van der Waals surface area contributed by atoms with Crippen LogP contribution in [0.4, 0.5) is 4.39 Å². The predicted molar refractivity (Wildman–Crippen MR) is 75.7 cm³/mol. The molecule has 2 saturated heterocycles. The van der Waals surface area contributed by atoms with E-state index in [-0.39, 0.29) is 10.5 Å². The average Bonchev–Trinajstić information content (AvgIpc) is 2.94. The van der Waals surface area contributed by atoms with E-state index in [1.54, 1.807) is 0 Å². The molecule has 21 heavy (non-hydrogen) atoms. The predicted octanol–water partition coefficient (Wildman–Crippen LogP) is 0.787. The van der Waals surface area contributed by atoms with Gasteiger partial charge in [0.2, 0.25) is 10.0 Å². The van der Waals surface area contributed by atoms with Crippen molar-refractivity contribution in [2.75, 3.05) is 26.2 Å². The largest absolute Gasteiger partial charge is 0.392 e. The highest BCUT2D eigenvalue weighted by Crippen LogP contribution is 2.26. The molecule has 3 rings (SSSR count). The maximum atomic E-state index is 13.4. The minimum Gasteiger partial charge on any atom is -0.392 e. The van der Waals surface area contributed by atoms with Gasteiger partial charge in [0.05, 0.1) is 11.5 Å². The Morgan fingerprint density at radius 1 is 1.29 bits per heavy atom. The smallest absolute Gasteiger partial charge is 0.243 e. The van der Waals surface area contributed by atoms with Crippen molar-refractivity contribution in [3.05, 3.63) is 29.6 Å². The fourth-order valence-corrected chi connectivity index (χ4v) is 4.68. The van der Waals surface area contributed by atoms with E-state index in [2.05, 4.69) is 4.90 Å². The number of piperazine rings is 1. The summed E-state index contributed by atoms with van der Waals surface area (Å²) in [7, 11) is -3.62. The van der Waals surface area contributed by atoms with Crippen molar-refractivity contribution in [1.29, 1.82) is 0 Å². The van der Waals surface area contributed by atoms with E-state index in [1.807, 2.05) is 0 Å². The van der Waals surface area contributed by atoms with E-state index in [0.717, 1.165) is 32.0 Å². The van der Waals surface area contributed by atoms with Gasteiger partial charge in [-0.25, -0.2) is 12.8 Å². The van der Waals surface area contributed by atoms with Gasteiger partial charge in [-0.1, -0.05) is 0 Å². The van der Waals surface area contributed by atoms with E-state index in [9.17, 15) is 12.8 Å². The van der Waals surface area contributed by atoms with Crippen molar-refractivity contribution in [1.82, 2.24) is 9.21 Å². The zero-order valence-corrected chi connectivity index (χ0v) is 12.5. The lowest BCUT2D eigenvalue weighted by Gasteiger charge is -2.36. The number of aliphatic hydroxyl groups excluding tert-OH is 1. The van der Waals surface area contributed by atoms with Gasteiger partial charge in [-0.3, -0.25) is 4.90 Å². The van der Waals surface area contributed by atoms with Gasteiger partial charge in [-0.05, 0) is 37.6 Å². The number of nitrogens with zero attached hydrogens (tertiary/aromatic N) is 2. The molecule has 2 heterocycles. The number of hydrogen-bond acceptors (Lipinski definition) is 4. The molecule has 7 heteroatoms. The van der Waals surface area contributed by atoms with Gasteiger partial charge in [0.1, 0.15) is 5.82 Å². The quantitative estimate of drug-likeness (QED) is 0.896. The standard InChI is InChI=1S/C14H19FN2O3S/c15-14-4-3-13(8-11(14)10-18)21(19,20)17-7-6-16-5-1-2-12(16)9-17/h3-4,8,12,18H,1-2,5-7,9-10H2. The van der Waals surface area contributed by atoms with Crippen LogP contribution in [0.25, 0.3) is 0 Å². The summed E-state index contributed by atoms with van der Waals surface area (Å²) < 4.78 is 40.2. The Kier molecular flexibility index (Phi) is 4.00. The maximum Gasteiger partial charge on any atom is 0.243 e. The third kappa shape index (κ3) is 2.70. The van der Waals surface area contributed by atoms with Gasteiger partial charge < -0.3 is 5.11 Å². The monoisotopic (exact) mass is 314 g/mol. The fourth-order valence-electron chi connectivity index (χ4n) is 3.16. The highest BCUT2D eigenvalue weighted by molar-refractivity contribution is 7.89. The molecule has 2 fully saturated rings. The molecule has 0 aromatic heterocycles. The maximum absolute atomic E-state index is 13.4. The molecule has 5 nitrogen and oxygen atoms in total. The van der Waals surface area contributed by atoms with Gasteiger partial charge in [-0.2, -0.15) is 4.31 Å². The lowest BCUT2D eigenvalue weighted by molar-refractivity contribution is 0.158. The third-order valence-corrected chi connectivity index (χ3v) is 6.24. The van der Waals surface area contributed by atoms with E-state index < -0.39 is 22.4 Å². The van der Waals surface area contributed by atoms with Gasteiger partial charge in [0.25, 0.3) is 0 Å². The van der Waals surface area contributed by atoms with Crippen LogP contribution >= 0.6 is 0 Å². The molecule has 0 bridgehead atoms. The second-order valence-corrected chi connectivity index (χ2v) is 7.54. The Hall–Kier alpha value is -1.02. The molecule has 2 aliphatic heterocycles. The molecule has 0 radical (unpaired) electrons. The number of sulfonamides is 1. The molecule has 0 aliphatic carbocycles. The van der Waals surface area contributed by atoms with Crippen LogP contribution in [-0.2, 0) is 16.6 Å². The molecule has 1 aromatic rings. The summed E-state index contributed by atoms with van der Waals surface area (Å²) in [6.07, 6.45) is 2.14. The topological polar surface area (TPSA) is 60.9 Å². The molecule has 1 unspecified atom stereocenters. The molecule has 0 saturated carbocycles. The van der Waals surface area contributed by atoms with Crippen molar-refractivity contribution in [3.8, 4) is 0 Å². The van der Waals surface area contributed by atoms with Crippen LogP contribution < -0.4 is 0 Å². The van der Waals surface area contributed by atoms with E-state index in [0.29, 0.717) is 19.1 Å². The number of benzene rings is 1. The first-order valence-electron chi connectivity index (χ1n) is 7.16. The van der Waals surface area contributed by atoms with Crippen molar-refractivity contribution in [3.63, 3.8) is 0 Å². The van der Waals surface area contributed by atoms with Gasteiger partial charge in [0, 0.05) is 31.2 Å². The molecule has 1 atom stereocenters. The van der Waals surface area contributed by atoms with E-state index >= 15 is 0 Å². The Morgan fingerprint density at radius 2 is 2.10 bits per heavy atom. The van der Waals surface area contributed by atoms with Gasteiger partial charge in [0.15, 0.2) is 0 Å². The summed E-state index contributed by atoms with van der Waals surface area (Å²) in [6, 6.07) is 3.90. The molecular formula is C14H19FN2O3S. The molecular weight excluding hydrogens is 295 g/mol. The molecule has 0 amide bonds. The highest BCUT2D eigenvalue weighted by atomic mass is 32.2. The lowest BCUT2D eigenvalue weighted by atomic mass is 10.2. The summed E-state index contributed by atoms with van der Waals surface area (Å²) in [4.78, 5) is 2.38. The molecule has 1 N–H and O–H groups in total. The second-order valence-electron chi connectivity index (χ2n) is 5.61. The lowest BCUT2D eigenvalue weighted by Crippen LogP contribution is -2.51. The first-order chi connectivity index (χ1) is 10.0. The summed E-state index contributed by atoms with van der Waals surface area (Å²) >= 11 is 0. The van der Waals surface area contributed by atoms with E-state index in [1.165, 1.54) is 16.4 Å². The number of fused-ring (bicyclic) bond motifs is 1. The second kappa shape index (κ2) is 5.64. The van der Waals surface area contributed by atoms with Crippen LogP contribution in [0.1, 0.15) is 18.4 Å². The summed E-state index contributed by atoms with van der Waals surface area (Å²) in [5.41, 5.74) is 0.00979. The van der Waals surface area contributed by atoms with Crippen LogP contribution in [-0.4, -0.2) is 55.0 Å². The van der Waals surface area contributed by atoms with Crippen molar-refractivity contribution < 1.29 is 17.9 Å². The molecule has 2 aliphatic rings. The van der Waals surface area contributed by atoms with Crippen LogP contribution in [0.2, 0.25) is 0 Å². The normalized spacial score (nSPS) is 24.2. The van der Waals surface area contributed by atoms with Gasteiger partial charge >= 0.3 is 0 Å². The van der Waals surface area contributed by atoms with Crippen molar-refractivity contribution in [2.24, 2.45) is 0 Å². The number of aliphatic hydroxyl groups is 1. The third-order valence-electron chi connectivity index (χ3n) is 4.38. The zero-order chi connectivity index (χ0) is 15.0. The van der Waals surface area contributed by atoms with Gasteiger partial charge in [-0.15, -0.1) is 0 Å². The Bertz CT molecular complexity index is 635. The highest BCUT2D eigenvalue weighted by Gasteiger charge is 2.36. The zero-order valence-electron chi connectivity index (χ0n) is 11.7. The van der Waals surface area contributed by atoms with E-state index in [4.69, 9.17) is 5.11 Å².